The molecular weight excluding hydrogens is 228 g/mol. The van der Waals surface area contributed by atoms with Crippen molar-refractivity contribution in [1.29, 1.82) is 0 Å². The molecule has 0 radical (unpaired) electrons. The van der Waals surface area contributed by atoms with E-state index >= 15 is 0 Å². The molecule has 1 aliphatic carbocycles. The third kappa shape index (κ3) is 5.17. The Morgan fingerprint density at radius 1 is 1.00 bits per heavy atom. The predicted octanol–water partition coefficient (Wildman–Crippen LogP) is 1.40. The lowest BCUT2D eigenvalue weighted by molar-refractivity contribution is -0.117. The highest BCUT2D eigenvalue weighted by Crippen LogP contribution is 2.28. The fourth-order valence-corrected chi connectivity index (χ4v) is 2.41. The van der Waals surface area contributed by atoms with Crippen LogP contribution in [-0.2, 0) is 9.59 Å². The zero-order valence-electron chi connectivity index (χ0n) is 10.8. The summed E-state index contributed by atoms with van der Waals surface area (Å²) in [4.78, 5) is 22.2. The highest BCUT2D eigenvalue weighted by atomic mass is 16.2. The van der Waals surface area contributed by atoms with Crippen LogP contribution in [0.1, 0.15) is 25.7 Å². The molecule has 18 heavy (non-hydrogen) atoms. The maximum Gasteiger partial charge on any atom is 0.243 e. The van der Waals surface area contributed by atoms with Gasteiger partial charge in [0.05, 0.1) is 0 Å². The van der Waals surface area contributed by atoms with Gasteiger partial charge in [0.25, 0.3) is 0 Å². The lowest BCUT2D eigenvalue weighted by Crippen LogP contribution is -2.34. The third-order valence-electron chi connectivity index (χ3n) is 3.39. The molecule has 0 aromatic rings. The monoisotopic (exact) mass is 250 g/mol. The van der Waals surface area contributed by atoms with E-state index in [1.807, 2.05) is 0 Å². The summed E-state index contributed by atoms with van der Waals surface area (Å²) in [5.74, 6) is 0.788. The molecule has 1 aliphatic rings. The van der Waals surface area contributed by atoms with Crippen molar-refractivity contribution in [3.05, 3.63) is 25.3 Å². The molecule has 100 valence electrons. The van der Waals surface area contributed by atoms with Gasteiger partial charge in [-0.25, -0.2) is 0 Å². The number of hydrogen-bond acceptors (Lipinski definition) is 2. The summed E-state index contributed by atoms with van der Waals surface area (Å²) in [5, 5.41) is 5.68. The zero-order valence-corrected chi connectivity index (χ0v) is 10.8. The Kier molecular flexibility index (Phi) is 6.19. The van der Waals surface area contributed by atoms with E-state index in [9.17, 15) is 9.59 Å². The van der Waals surface area contributed by atoms with Crippen LogP contribution in [0.4, 0.5) is 0 Å². The first-order chi connectivity index (χ1) is 8.65. The largest absolute Gasteiger partial charge is 0.352 e. The van der Waals surface area contributed by atoms with Gasteiger partial charge in [-0.15, -0.1) is 0 Å². The van der Waals surface area contributed by atoms with Crippen LogP contribution in [0, 0.1) is 11.8 Å². The second kappa shape index (κ2) is 7.69. The van der Waals surface area contributed by atoms with Crippen molar-refractivity contribution < 1.29 is 9.59 Å². The Balaban J connectivity index is 2.27. The SMILES string of the molecule is C=CC(=O)NCC1CCCC(CNC(=O)C=C)C1. The summed E-state index contributed by atoms with van der Waals surface area (Å²) in [7, 11) is 0. The lowest BCUT2D eigenvalue weighted by Gasteiger charge is -2.29. The average molecular weight is 250 g/mol. The van der Waals surface area contributed by atoms with Gasteiger partial charge >= 0.3 is 0 Å². The molecule has 2 unspecified atom stereocenters. The van der Waals surface area contributed by atoms with Crippen molar-refractivity contribution in [2.24, 2.45) is 11.8 Å². The molecule has 0 aliphatic heterocycles. The van der Waals surface area contributed by atoms with Crippen molar-refractivity contribution >= 4 is 11.8 Å². The van der Waals surface area contributed by atoms with Crippen LogP contribution in [0.2, 0.25) is 0 Å². The molecule has 2 atom stereocenters. The van der Waals surface area contributed by atoms with Crippen LogP contribution in [-0.4, -0.2) is 24.9 Å². The van der Waals surface area contributed by atoms with Crippen LogP contribution in [0.25, 0.3) is 0 Å². The van der Waals surface area contributed by atoms with Gasteiger partial charge in [-0.2, -0.15) is 0 Å². The van der Waals surface area contributed by atoms with Crippen molar-refractivity contribution in [2.45, 2.75) is 25.7 Å². The minimum Gasteiger partial charge on any atom is -0.352 e. The van der Waals surface area contributed by atoms with Gasteiger partial charge in [0.1, 0.15) is 0 Å². The summed E-state index contributed by atoms with van der Waals surface area (Å²) < 4.78 is 0. The van der Waals surface area contributed by atoms with Crippen LogP contribution in [0.5, 0.6) is 0 Å². The molecule has 4 heteroatoms. The smallest absolute Gasteiger partial charge is 0.243 e. The first kappa shape index (κ1) is 14.5. The van der Waals surface area contributed by atoms with Gasteiger partial charge in [0.2, 0.25) is 11.8 Å². The molecule has 2 N–H and O–H groups in total. The second-order valence-electron chi connectivity index (χ2n) is 4.80. The Hall–Kier alpha value is -1.58. The standard InChI is InChI=1S/C14H22N2O2/c1-3-13(17)15-9-11-6-5-7-12(8-11)10-16-14(18)4-2/h3-4,11-12H,1-2,5-10H2,(H,15,17)(H,16,18). The van der Waals surface area contributed by atoms with Gasteiger partial charge < -0.3 is 10.6 Å². The summed E-state index contributed by atoms with van der Waals surface area (Å²) in [6.07, 6.45) is 7.08. The summed E-state index contributed by atoms with van der Waals surface area (Å²) in [5.41, 5.74) is 0. The van der Waals surface area contributed by atoms with E-state index in [1.54, 1.807) is 0 Å². The normalized spacial score (nSPS) is 22.9. The molecule has 1 saturated carbocycles. The van der Waals surface area contributed by atoms with Gasteiger partial charge in [-0.3, -0.25) is 9.59 Å². The molecule has 0 aromatic carbocycles. The van der Waals surface area contributed by atoms with Gasteiger partial charge in [-0.05, 0) is 43.3 Å². The fourth-order valence-electron chi connectivity index (χ4n) is 2.41. The number of nitrogens with one attached hydrogen (secondary N) is 2. The van der Waals surface area contributed by atoms with Gasteiger partial charge in [0, 0.05) is 13.1 Å². The number of amides is 2. The van der Waals surface area contributed by atoms with E-state index in [2.05, 4.69) is 23.8 Å². The Morgan fingerprint density at radius 3 is 1.83 bits per heavy atom. The van der Waals surface area contributed by atoms with Gasteiger partial charge in [0.15, 0.2) is 0 Å². The van der Waals surface area contributed by atoms with Crippen molar-refractivity contribution in [3.63, 3.8) is 0 Å². The molecule has 4 nitrogen and oxygen atoms in total. The van der Waals surface area contributed by atoms with E-state index in [-0.39, 0.29) is 11.8 Å². The molecule has 0 aromatic heterocycles. The van der Waals surface area contributed by atoms with Crippen LogP contribution in [0.15, 0.2) is 25.3 Å². The van der Waals surface area contributed by atoms with Crippen molar-refractivity contribution in [2.75, 3.05) is 13.1 Å². The van der Waals surface area contributed by atoms with E-state index in [1.165, 1.54) is 12.2 Å². The third-order valence-corrected chi connectivity index (χ3v) is 3.39. The van der Waals surface area contributed by atoms with Crippen LogP contribution in [0.3, 0.4) is 0 Å². The van der Waals surface area contributed by atoms with Crippen LogP contribution >= 0.6 is 0 Å². The average Bonchev–Trinajstić information content (AvgIpc) is 2.42. The van der Waals surface area contributed by atoms with Crippen LogP contribution < -0.4 is 10.6 Å². The predicted molar refractivity (Wildman–Crippen MR) is 71.9 cm³/mol. The summed E-state index contributed by atoms with van der Waals surface area (Å²) in [6, 6.07) is 0. The summed E-state index contributed by atoms with van der Waals surface area (Å²) in [6.45, 7) is 8.27. The van der Waals surface area contributed by atoms with E-state index in [0.29, 0.717) is 24.9 Å². The fraction of sp³-hybridized carbons (Fsp3) is 0.571. The molecule has 0 heterocycles. The highest BCUT2D eigenvalue weighted by Gasteiger charge is 2.22. The maximum atomic E-state index is 11.1. The zero-order chi connectivity index (χ0) is 13.4. The number of rotatable bonds is 6. The van der Waals surface area contributed by atoms with E-state index in [0.717, 1.165) is 25.7 Å². The Morgan fingerprint density at radius 2 is 1.44 bits per heavy atom. The lowest BCUT2D eigenvalue weighted by atomic mass is 9.81. The quantitative estimate of drug-likeness (QED) is 0.700. The first-order valence-electron chi connectivity index (χ1n) is 6.46. The highest BCUT2D eigenvalue weighted by molar-refractivity contribution is 5.87. The Labute approximate surface area is 109 Å². The minimum atomic E-state index is -0.114. The molecule has 1 fully saturated rings. The topological polar surface area (TPSA) is 58.2 Å². The molecular formula is C14H22N2O2. The number of carbonyl (C=O) groups excluding carboxylic acids is 2. The molecule has 0 bridgehead atoms. The molecule has 0 saturated heterocycles. The minimum absolute atomic E-state index is 0.114. The molecule has 2 amide bonds. The summed E-state index contributed by atoms with van der Waals surface area (Å²) >= 11 is 0. The van der Waals surface area contributed by atoms with E-state index in [4.69, 9.17) is 0 Å². The number of hydrogen-bond donors (Lipinski definition) is 2. The van der Waals surface area contributed by atoms with Crippen molar-refractivity contribution in [3.8, 4) is 0 Å². The Bertz CT molecular complexity index is 296. The first-order valence-corrected chi connectivity index (χ1v) is 6.46. The second-order valence-corrected chi connectivity index (χ2v) is 4.80. The van der Waals surface area contributed by atoms with E-state index < -0.39 is 0 Å². The number of carbonyl (C=O) groups is 2. The van der Waals surface area contributed by atoms with Gasteiger partial charge in [-0.1, -0.05) is 19.6 Å². The van der Waals surface area contributed by atoms with Crippen molar-refractivity contribution in [1.82, 2.24) is 10.6 Å². The molecule has 1 rings (SSSR count). The molecule has 0 spiro atoms. The maximum absolute atomic E-state index is 11.1.